The molecule has 0 saturated carbocycles. The van der Waals surface area contributed by atoms with E-state index in [0.29, 0.717) is 39.5 Å². The third-order valence-corrected chi connectivity index (χ3v) is 11.1. The zero-order chi connectivity index (χ0) is 33.6. The summed E-state index contributed by atoms with van der Waals surface area (Å²) in [7, 11) is -3.67. The van der Waals surface area contributed by atoms with Gasteiger partial charge in [-0.2, -0.15) is 0 Å². The van der Waals surface area contributed by atoms with Gasteiger partial charge in [-0.1, -0.05) is 66.6 Å². The highest BCUT2D eigenvalue weighted by Gasteiger charge is 2.39. The first kappa shape index (κ1) is 36.4. The van der Waals surface area contributed by atoms with Gasteiger partial charge in [0.05, 0.1) is 22.3 Å². The van der Waals surface area contributed by atoms with Gasteiger partial charge in [0, 0.05) is 22.8 Å². The van der Waals surface area contributed by atoms with Gasteiger partial charge in [0.2, 0.25) is 10.0 Å². The third-order valence-electron chi connectivity index (χ3n) is 7.36. The molecule has 0 bridgehead atoms. The minimum Gasteiger partial charge on any atom is -0.288 e. The van der Waals surface area contributed by atoms with E-state index in [0.717, 1.165) is 17.8 Å². The van der Waals surface area contributed by atoms with Crippen LogP contribution in [-0.4, -0.2) is 20.0 Å². The Morgan fingerprint density at radius 3 is 1.86 bits per heavy atom. The van der Waals surface area contributed by atoms with Gasteiger partial charge in [0.1, 0.15) is 4.90 Å². The zero-order valence-corrected chi connectivity index (χ0v) is 31.4. The van der Waals surface area contributed by atoms with Crippen molar-refractivity contribution in [2.24, 2.45) is 10.8 Å². The SMILES string of the molecule is CCCCS(=O)(=O)NC1=C(C=C2C=C(C(C)(C)C)SC(C(C)(C)C)=C2)C(=O)C1=Cc1cc(C(C)(C)C)[o+]c(C(C)(C)C)c1S. The minimum atomic E-state index is -3.67. The van der Waals surface area contributed by atoms with Gasteiger partial charge in [-0.15, -0.1) is 12.6 Å². The fraction of sp³-hybridized carbons (Fsp3) is 0.556. The largest absolute Gasteiger partial charge is 0.348 e. The van der Waals surface area contributed by atoms with Crippen LogP contribution in [0.5, 0.6) is 0 Å². The number of sulfonamides is 1. The summed E-state index contributed by atoms with van der Waals surface area (Å²) >= 11 is 6.62. The van der Waals surface area contributed by atoms with Crippen LogP contribution in [0.25, 0.3) is 6.08 Å². The maximum Gasteiger partial charge on any atom is 0.348 e. The fourth-order valence-electron chi connectivity index (χ4n) is 4.56. The molecule has 0 saturated heterocycles. The van der Waals surface area contributed by atoms with Gasteiger partial charge in [-0.25, -0.2) is 12.8 Å². The first-order valence-electron chi connectivity index (χ1n) is 15.4. The zero-order valence-electron chi connectivity index (χ0n) is 28.9. The van der Waals surface area contributed by atoms with Gasteiger partial charge >= 0.3 is 11.5 Å². The number of rotatable bonds is 7. The Labute approximate surface area is 276 Å². The molecule has 1 N–H and O–H groups in total. The van der Waals surface area contributed by atoms with Crippen LogP contribution in [0.15, 0.2) is 65.8 Å². The van der Waals surface area contributed by atoms with E-state index in [2.05, 4.69) is 100.0 Å². The van der Waals surface area contributed by atoms with Crippen LogP contribution in [0.1, 0.15) is 120 Å². The second-order valence-corrected chi connectivity index (χ2v) is 19.3. The van der Waals surface area contributed by atoms with Gasteiger partial charge < -0.3 is 0 Å². The number of allylic oxidation sites excluding steroid dienone is 8. The number of thioether (sulfide) groups is 1. The molecule has 0 amide bonds. The molecule has 0 unspecified atom stereocenters. The van der Waals surface area contributed by atoms with Crippen molar-refractivity contribution in [1.82, 2.24) is 4.72 Å². The quantitative estimate of drug-likeness (QED) is 0.173. The van der Waals surface area contributed by atoms with Crippen molar-refractivity contribution < 1.29 is 17.6 Å². The van der Waals surface area contributed by atoms with E-state index in [1.807, 2.05) is 19.1 Å². The Morgan fingerprint density at radius 1 is 0.864 bits per heavy atom. The van der Waals surface area contributed by atoms with Crippen LogP contribution in [0.2, 0.25) is 0 Å². The molecule has 3 rings (SSSR count). The van der Waals surface area contributed by atoms with Crippen molar-refractivity contribution in [2.75, 3.05) is 5.75 Å². The number of carbonyl (C=O) groups excluding carboxylic acids is 1. The number of hydrogen-bond acceptors (Lipinski definition) is 5. The lowest BCUT2D eigenvalue weighted by Gasteiger charge is -2.32. The van der Waals surface area contributed by atoms with E-state index in [-0.39, 0.29) is 33.2 Å². The molecule has 8 heteroatoms. The number of nitrogens with one attached hydrogen (secondary N) is 1. The Hall–Kier alpha value is -2.03. The molecule has 1 aromatic heterocycles. The number of ketones is 1. The minimum absolute atomic E-state index is 0.0124. The normalized spacial score (nSPS) is 17.9. The summed E-state index contributed by atoms with van der Waals surface area (Å²) in [4.78, 5) is 16.9. The molecule has 44 heavy (non-hydrogen) atoms. The number of thiol groups is 1. The van der Waals surface area contributed by atoms with Crippen molar-refractivity contribution in [3.8, 4) is 0 Å². The summed E-state index contributed by atoms with van der Waals surface area (Å²) in [6.45, 7) is 27.4. The average molecular weight is 659 g/mol. The fourth-order valence-corrected chi connectivity index (χ4v) is 7.62. The maximum absolute atomic E-state index is 13.9. The van der Waals surface area contributed by atoms with Crippen LogP contribution in [-0.2, 0) is 25.6 Å². The summed E-state index contributed by atoms with van der Waals surface area (Å²) in [6.07, 6.45) is 9.09. The molecule has 0 radical (unpaired) electrons. The lowest BCUT2D eigenvalue weighted by Crippen LogP contribution is -2.36. The van der Waals surface area contributed by atoms with E-state index in [1.165, 1.54) is 9.81 Å². The van der Waals surface area contributed by atoms with Gasteiger partial charge in [0.15, 0.2) is 5.78 Å². The molecule has 1 aromatic rings. The summed E-state index contributed by atoms with van der Waals surface area (Å²) in [5, 5.41) is 0. The second kappa shape index (κ2) is 12.6. The van der Waals surface area contributed by atoms with E-state index in [9.17, 15) is 13.2 Å². The summed E-state index contributed by atoms with van der Waals surface area (Å²) in [6, 6.07) is 1.91. The molecule has 2 aliphatic rings. The second-order valence-electron chi connectivity index (χ2n) is 16.0. The monoisotopic (exact) mass is 658 g/mol. The predicted octanol–water partition coefficient (Wildman–Crippen LogP) is 9.92. The third kappa shape index (κ3) is 8.61. The number of unbranched alkanes of at least 4 members (excludes halogenated alkanes) is 1. The Kier molecular flexibility index (Phi) is 10.5. The van der Waals surface area contributed by atoms with Crippen molar-refractivity contribution in [3.63, 3.8) is 0 Å². The summed E-state index contributed by atoms with van der Waals surface area (Å²) < 4.78 is 35.5. The highest BCUT2D eigenvalue weighted by atomic mass is 32.2. The standard InChI is InChI=1S/C36H51NO4S3/c1-14-15-16-44(39,40)37-29-24(17-22-18-27(34(5,6)7)43-28(19-22)35(8,9)10)30(38)25(29)20-23-21-26(33(2,3)4)41-32(31(23)42)36(11,12)13/h17-21H,14-16H2,1-13H3,(H-,37,38,42)/p+1. The first-order valence-corrected chi connectivity index (χ1v) is 18.3. The van der Waals surface area contributed by atoms with Crippen molar-refractivity contribution in [1.29, 1.82) is 0 Å². The number of Topliss-reactive ketones (excluding diaryl/α,β-unsaturated/α-hetero) is 1. The Bertz CT molecular complexity index is 1560. The van der Waals surface area contributed by atoms with Crippen LogP contribution in [0.4, 0.5) is 0 Å². The van der Waals surface area contributed by atoms with Crippen LogP contribution < -0.4 is 4.72 Å². The first-order chi connectivity index (χ1) is 19.8. The van der Waals surface area contributed by atoms with Crippen LogP contribution >= 0.6 is 24.4 Å². The molecular formula is C36H52NO4S3+. The van der Waals surface area contributed by atoms with E-state index in [1.54, 1.807) is 17.8 Å². The number of hydrogen-bond donors (Lipinski definition) is 2. The van der Waals surface area contributed by atoms with Gasteiger partial charge in [-0.05, 0) is 98.5 Å². The van der Waals surface area contributed by atoms with E-state index in [4.69, 9.17) is 17.0 Å². The summed E-state index contributed by atoms with van der Waals surface area (Å²) in [5.74, 6) is 1.25. The summed E-state index contributed by atoms with van der Waals surface area (Å²) in [5.41, 5.74) is 1.82. The highest BCUT2D eigenvalue weighted by Crippen LogP contribution is 2.49. The lowest BCUT2D eigenvalue weighted by atomic mass is 9.82. The topological polar surface area (TPSA) is 74.5 Å². The molecule has 0 fully saturated rings. The Balaban J connectivity index is 2.30. The smallest absolute Gasteiger partial charge is 0.288 e. The van der Waals surface area contributed by atoms with Gasteiger partial charge in [-0.3, -0.25) is 9.52 Å². The van der Waals surface area contributed by atoms with Crippen LogP contribution in [0, 0.1) is 10.8 Å². The molecule has 0 atom stereocenters. The molecular weight excluding hydrogens is 607 g/mol. The maximum atomic E-state index is 13.9. The molecule has 1 aliphatic heterocycles. The van der Waals surface area contributed by atoms with Gasteiger partial charge in [0.25, 0.3) is 0 Å². The van der Waals surface area contributed by atoms with Crippen molar-refractivity contribution in [2.45, 2.75) is 119 Å². The molecule has 242 valence electrons. The molecule has 2 heterocycles. The number of carbonyl (C=O) groups is 1. The predicted molar refractivity (Wildman–Crippen MR) is 190 cm³/mol. The van der Waals surface area contributed by atoms with Crippen LogP contribution in [0.3, 0.4) is 0 Å². The van der Waals surface area contributed by atoms with E-state index < -0.39 is 10.0 Å². The van der Waals surface area contributed by atoms with Crippen molar-refractivity contribution >= 4 is 46.3 Å². The average Bonchev–Trinajstić information content (AvgIpc) is 2.86. The van der Waals surface area contributed by atoms with Crippen molar-refractivity contribution in [3.05, 3.63) is 73.6 Å². The lowest BCUT2D eigenvalue weighted by molar-refractivity contribution is -0.112. The molecule has 1 aliphatic carbocycles. The Morgan fingerprint density at radius 2 is 1.41 bits per heavy atom. The highest BCUT2D eigenvalue weighted by molar-refractivity contribution is 8.06. The molecule has 5 nitrogen and oxygen atoms in total. The molecule has 0 spiro atoms. The molecule has 0 aromatic carbocycles. The van der Waals surface area contributed by atoms with E-state index >= 15 is 0 Å².